The van der Waals surface area contributed by atoms with Crippen molar-refractivity contribution in [2.24, 2.45) is 0 Å². The van der Waals surface area contributed by atoms with Gasteiger partial charge in [0.15, 0.2) is 0 Å². The van der Waals surface area contributed by atoms with E-state index in [0.717, 1.165) is 35.6 Å². The fourth-order valence-electron chi connectivity index (χ4n) is 3.26. The van der Waals surface area contributed by atoms with E-state index in [-0.39, 0.29) is 40.5 Å². The summed E-state index contributed by atoms with van der Waals surface area (Å²) >= 11 is 0. The zero-order valence-electron chi connectivity index (χ0n) is 18.1. The third kappa shape index (κ3) is 5.72. The van der Waals surface area contributed by atoms with Crippen molar-refractivity contribution in [1.29, 1.82) is 0 Å². The number of hydrogen-bond acceptors (Lipinski definition) is 5. The molecule has 0 bridgehead atoms. The van der Waals surface area contributed by atoms with Gasteiger partial charge in [0.1, 0.15) is 11.6 Å². The van der Waals surface area contributed by atoms with E-state index >= 15 is 0 Å². The van der Waals surface area contributed by atoms with Crippen LogP contribution in [0.4, 0.5) is 4.39 Å². The van der Waals surface area contributed by atoms with Crippen LogP contribution in [0.25, 0.3) is 33.3 Å². The van der Waals surface area contributed by atoms with Gasteiger partial charge in [0.2, 0.25) is 0 Å². The van der Waals surface area contributed by atoms with Crippen molar-refractivity contribution in [3.8, 4) is 28.1 Å². The quantitative estimate of drug-likeness (QED) is 0.469. The van der Waals surface area contributed by atoms with Crippen LogP contribution in [-0.2, 0) is 0 Å². The van der Waals surface area contributed by atoms with E-state index in [1.165, 1.54) is 18.2 Å². The zero-order chi connectivity index (χ0) is 22.4. The summed E-state index contributed by atoms with van der Waals surface area (Å²) in [7, 11) is 1.00. The van der Waals surface area contributed by atoms with Crippen molar-refractivity contribution in [2.45, 2.75) is 6.92 Å². The summed E-state index contributed by atoms with van der Waals surface area (Å²) in [4.78, 5) is 16.0. The fraction of sp³-hybridized carbons (Fsp3) is 0.120. The number of carbonyl (C=O) groups excluding carboxylic acids is 1. The number of rotatable bonds is 5. The molecule has 0 atom stereocenters. The van der Waals surface area contributed by atoms with Crippen LogP contribution in [0.2, 0.25) is 0 Å². The van der Waals surface area contributed by atoms with Gasteiger partial charge in [0.25, 0.3) is 0 Å². The predicted octanol–water partition coefficient (Wildman–Crippen LogP) is 1.08. The van der Waals surface area contributed by atoms with E-state index < -0.39 is 11.8 Å². The number of aromatic carboxylic acids is 1. The van der Waals surface area contributed by atoms with Gasteiger partial charge in [-0.15, -0.1) is 0 Å². The van der Waals surface area contributed by atoms with Crippen molar-refractivity contribution in [1.82, 2.24) is 4.98 Å². The molecule has 4 rings (SSSR count). The Hall–Kier alpha value is -2.77. The maximum Gasteiger partial charge on any atom is 1.00 e. The van der Waals surface area contributed by atoms with Gasteiger partial charge in [0, 0.05) is 23.6 Å². The number of aliphatic hydroxyl groups is 1. The van der Waals surface area contributed by atoms with Crippen LogP contribution in [0.15, 0.2) is 72.8 Å². The van der Waals surface area contributed by atoms with E-state index in [1.807, 2.05) is 55.5 Å². The first-order chi connectivity index (χ1) is 15.0. The summed E-state index contributed by atoms with van der Waals surface area (Å²) < 4.78 is 19.0. The molecule has 0 spiro atoms. The van der Waals surface area contributed by atoms with Crippen molar-refractivity contribution in [3.05, 3.63) is 84.2 Å². The number of halogens is 1. The second-order valence-corrected chi connectivity index (χ2v) is 6.54. The van der Waals surface area contributed by atoms with Gasteiger partial charge in [-0.1, -0.05) is 36.4 Å². The number of pyridine rings is 1. The minimum absolute atomic E-state index is 0. The van der Waals surface area contributed by atoms with E-state index in [1.54, 1.807) is 0 Å². The van der Waals surface area contributed by atoms with Crippen LogP contribution < -0.4 is 39.4 Å². The summed E-state index contributed by atoms with van der Waals surface area (Å²) in [5.74, 6) is -1.07. The van der Waals surface area contributed by atoms with Crippen LogP contribution in [0.1, 0.15) is 17.3 Å². The van der Waals surface area contributed by atoms with Crippen LogP contribution >= 0.6 is 0 Å². The molecule has 1 heterocycles. The molecule has 0 radical (unpaired) electrons. The standard InChI is InChI=1S/C24H18FNO3.CH4O.Na/c1-2-29-19-10-7-16(8-11-19)15-3-5-17(6-4-15)23-14-21(24(27)28)20-13-18(25)9-12-22(20)26-23;1-2;/h3-14H,2H2,1H3,(H,27,28);2H,1H3;/q;;+1/p-1. The number of nitrogens with zero attached hydrogens (tertiary/aromatic N) is 1. The van der Waals surface area contributed by atoms with Gasteiger partial charge < -0.3 is 19.7 Å². The van der Waals surface area contributed by atoms with Crippen LogP contribution in [0.5, 0.6) is 5.75 Å². The summed E-state index contributed by atoms with van der Waals surface area (Å²) in [6, 6.07) is 20.8. The Balaban J connectivity index is 0.00000118. The summed E-state index contributed by atoms with van der Waals surface area (Å²) in [5, 5.41) is 18.8. The number of benzene rings is 3. The molecule has 4 aromatic rings. The molecule has 0 fully saturated rings. The Kier molecular flexibility index (Phi) is 9.35. The molecule has 7 heteroatoms. The van der Waals surface area contributed by atoms with Gasteiger partial charge in [-0.05, 0) is 54.4 Å². The van der Waals surface area contributed by atoms with Crippen molar-refractivity contribution in [3.63, 3.8) is 0 Å². The molecule has 0 saturated carbocycles. The molecule has 0 unspecified atom stereocenters. The first-order valence-corrected chi connectivity index (χ1v) is 9.65. The summed E-state index contributed by atoms with van der Waals surface area (Å²) in [6.07, 6.45) is 0. The number of fused-ring (bicyclic) bond motifs is 1. The van der Waals surface area contributed by atoms with Crippen molar-refractivity contribution >= 4 is 16.9 Å². The summed E-state index contributed by atoms with van der Waals surface area (Å²) in [6.45, 7) is 2.56. The van der Waals surface area contributed by atoms with E-state index in [9.17, 15) is 14.3 Å². The van der Waals surface area contributed by atoms with Gasteiger partial charge in [-0.3, -0.25) is 0 Å². The number of carboxylic acids is 1. The minimum Gasteiger partial charge on any atom is -0.545 e. The van der Waals surface area contributed by atoms with Crippen LogP contribution in [0, 0.1) is 5.82 Å². The molecule has 0 aliphatic carbocycles. The largest absolute Gasteiger partial charge is 1.00 e. The number of carboxylic acid groups (broad SMARTS) is 1. The third-order valence-electron chi connectivity index (χ3n) is 4.67. The molecular weight excluding hydrogens is 420 g/mol. The third-order valence-corrected chi connectivity index (χ3v) is 4.67. The number of ether oxygens (including phenoxy) is 1. The molecule has 1 N–H and O–H groups in total. The van der Waals surface area contributed by atoms with E-state index in [4.69, 9.17) is 9.84 Å². The maximum absolute atomic E-state index is 13.5. The number of aliphatic hydroxyl groups excluding tert-OH is 1. The monoisotopic (exact) mass is 441 g/mol. The Morgan fingerprint density at radius 3 is 2.06 bits per heavy atom. The van der Waals surface area contributed by atoms with E-state index in [0.29, 0.717) is 17.8 Å². The van der Waals surface area contributed by atoms with Crippen molar-refractivity contribution < 1.29 is 53.7 Å². The molecule has 3 aromatic carbocycles. The Bertz CT molecular complexity index is 1200. The summed E-state index contributed by atoms with van der Waals surface area (Å²) in [5.41, 5.74) is 3.62. The Labute approximate surface area is 207 Å². The zero-order valence-corrected chi connectivity index (χ0v) is 20.1. The fourth-order valence-corrected chi connectivity index (χ4v) is 3.26. The van der Waals surface area contributed by atoms with Gasteiger partial charge in [-0.2, -0.15) is 0 Å². The maximum atomic E-state index is 13.5. The molecule has 1 aromatic heterocycles. The normalized spacial score (nSPS) is 10.0. The molecular formula is C25H21FNNaO4. The average Bonchev–Trinajstić information content (AvgIpc) is 2.80. The Morgan fingerprint density at radius 1 is 0.938 bits per heavy atom. The molecule has 0 amide bonds. The number of carbonyl (C=O) groups is 1. The SMILES string of the molecule is CCOc1ccc(-c2ccc(-c3cc(C(=O)[O-])c4cc(F)ccc4n3)cc2)cc1.CO.[Na+]. The molecule has 0 saturated heterocycles. The predicted molar refractivity (Wildman–Crippen MR) is 116 cm³/mol. The minimum atomic E-state index is -1.37. The number of aromatic nitrogens is 1. The van der Waals surface area contributed by atoms with Crippen LogP contribution in [-0.4, -0.2) is 29.8 Å². The second-order valence-electron chi connectivity index (χ2n) is 6.54. The van der Waals surface area contributed by atoms with Crippen molar-refractivity contribution in [2.75, 3.05) is 13.7 Å². The smallest absolute Gasteiger partial charge is 0.545 e. The second kappa shape index (κ2) is 11.7. The topological polar surface area (TPSA) is 82.5 Å². The number of hydrogen-bond donors (Lipinski definition) is 1. The molecule has 32 heavy (non-hydrogen) atoms. The van der Waals surface area contributed by atoms with Gasteiger partial charge >= 0.3 is 29.6 Å². The molecule has 5 nitrogen and oxygen atoms in total. The molecule has 0 aliphatic rings. The van der Waals surface area contributed by atoms with Gasteiger partial charge in [-0.25, -0.2) is 9.37 Å². The van der Waals surface area contributed by atoms with Gasteiger partial charge in [0.05, 0.1) is 23.8 Å². The first-order valence-electron chi connectivity index (χ1n) is 9.65. The van der Waals surface area contributed by atoms with Crippen LogP contribution in [0.3, 0.4) is 0 Å². The van der Waals surface area contributed by atoms with E-state index in [2.05, 4.69) is 4.98 Å². The first kappa shape index (κ1) is 25.5. The average molecular weight is 441 g/mol. The molecule has 0 aliphatic heterocycles. The molecule has 158 valence electrons. The Morgan fingerprint density at radius 2 is 1.50 bits per heavy atom.